The Morgan fingerprint density at radius 2 is 1.65 bits per heavy atom. The van der Waals surface area contributed by atoms with E-state index in [9.17, 15) is 4.79 Å². The summed E-state index contributed by atoms with van der Waals surface area (Å²) in [6.07, 6.45) is 0.359. The number of hydrogen-bond acceptors (Lipinski definition) is 2. The molecule has 0 aliphatic heterocycles. The molecule has 0 atom stereocenters. The van der Waals surface area contributed by atoms with E-state index < -0.39 is 0 Å². The number of amides is 1. The molecule has 2 aromatic rings. The fourth-order valence-corrected chi connectivity index (χ4v) is 2.40. The molecule has 1 N–H and O–H groups in total. The van der Waals surface area contributed by atoms with Crippen LogP contribution in [0.5, 0.6) is 5.75 Å². The number of nitrogens with one attached hydrogen (secondary N) is 1. The predicted molar refractivity (Wildman–Crippen MR) is 95.0 cm³/mol. The maximum absolute atomic E-state index is 12.2. The molecule has 0 heterocycles. The molecule has 0 bridgehead atoms. The number of benzene rings is 2. The maximum Gasteiger partial charge on any atom is 0.228 e. The van der Waals surface area contributed by atoms with Gasteiger partial charge in [-0.1, -0.05) is 32.0 Å². The van der Waals surface area contributed by atoms with Crippen molar-refractivity contribution < 1.29 is 9.53 Å². The summed E-state index contributed by atoms with van der Waals surface area (Å²) in [5.41, 5.74) is 4.12. The first-order chi connectivity index (χ1) is 10.9. The van der Waals surface area contributed by atoms with Gasteiger partial charge >= 0.3 is 0 Å². The highest BCUT2D eigenvalue weighted by molar-refractivity contribution is 5.92. The molecule has 0 unspecified atom stereocenters. The zero-order valence-corrected chi connectivity index (χ0v) is 14.3. The molecule has 0 aliphatic rings. The van der Waals surface area contributed by atoms with E-state index in [2.05, 4.69) is 25.2 Å². The van der Waals surface area contributed by atoms with Crippen LogP contribution in [0.15, 0.2) is 42.5 Å². The number of carbonyl (C=O) groups excluding carboxylic acids is 1. The van der Waals surface area contributed by atoms with E-state index in [4.69, 9.17) is 4.74 Å². The summed E-state index contributed by atoms with van der Waals surface area (Å²) in [7, 11) is 0. The van der Waals surface area contributed by atoms with Crippen molar-refractivity contribution in [3.8, 4) is 5.75 Å². The molecule has 23 heavy (non-hydrogen) atoms. The summed E-state index contributed by atoms with van der Waals surface area (Å²) < 4.78 is 5.65. The van der Waals surface area contributed by atoms with Gasteiger partial charge in [0.2, 0.25) is 5.91 Å². The molecular weight excluding hydrogens is 286 g/mol. The SMILES string of the molecule is Cc1cc(C)cc(NC(=O)Cc2ccc(OCC(C)C)cc2)c1. The Morgan fingerprint density at radius 3 is 2.22 bits per heavy atom. The van der Waals surface area contributed by atoms with Gasteiger partial charge in [0.1, 0.15) is 5.75 Å². The Morgan fingerprint density at radius 1 is 1.04 bits per heavy atom. The molecule has 0 saturated carbocycles. The van der Waals surface area contributed by atoms with Crippen LogP contribution in [0.4, 0.5) is 5.69 Å². The van der Waals surface area contributed by atoms with Crippen LogP contribution >= 0.6 is 0 Å². The molecule has 3 nitrogen and oxygen atoms in total. The third-order valence-electron chi connectivity index (χ3n) is 3.38. The molecule has 0 radical (unpaired) electrons. The summed E-state index contributed by atoms with van der Waals surface area (Å²) in [5.74, 6) is 1.33. The van der Waals surface area contributed by atoms with Crippen molar-refractivity contribution in [1.29, 1.82) is 0 Å². The second-order valence-corrected chi connectivity index (χ2v) is 6.45. The molecule has 3 heteroatoms. The standard InChI is InChI=1S/C20H25NO2/c1-14(2)13-23-19-7-5-17(6-8-19)12-20(22)21-18-10-15(3)9-16(4)11-18/h5-11,14H,12-13H2,1-4H3,(H,21,22). The van der Waals surface area contributed by atoms with Gasteiger partial charge in [-0.3, -0.25) is 4.79 Å². The number of ether oxygens (including phenoxy) is 1. The van der Waals surface area contributed by atoms with Crippen molar-refractivity contribution in [3.63, 3.8) is 0 Å². The molecule has 122 valence electrons. The lowest BCUT2D eigenvalue weighted by molar-refractivity contribution is -0.115. The topological polar surface area (TPSA) is 38.3 Å². The molecule has 0 fully saturated rings. The van der Waals surface area contributed by atoms with Crippen molar-refractivity contribution in [1.82, 2.24) is 0 Å². The highest BCUT2D eigenvalue weighted by atomic mass is 16.5. The smallest absolute Gasteiger partial charge is 0.228 e. The minimum Gasteiger partial charge on any atom is -0.493 e. The summed E-state index contributed by atoms with van der Waals surface area (Å²) >= 11 is 0. The zero-order valence-electron chi connectivity index (χ0n) is 14.3. The molecule has 2 aromatic carbocycles. The lowest BCUT2D eigenvalue weighted by atomic mass is 10.1. The van der Waals surface area contributed by atoms with Crippen molar-refractivity contribution in [2.45, 2.75) is 34.1 Å². The van der Waals surface area contributed by atoms with Crippen molar-refractivity contribution >= 4 is 11.6 Å². The van der Waals surface area contributed by atoms with Crippen LogP contribution in [0.1, 0.15) is 30.5 Å². The normalized spacial score (nSPS) is 10.7. The average Bonchev–Trinajstić information content (AvgIpc) is 2.45. The Hall–Kier alpha value is -2.29. The Labute approximate surface area is 138 Å². The van der Waals surface area contributed by atoms with Gasteiger partial charge in [0.15, 0.2) is 0 Å². The van der Waals surface area contributed by atoms with Crippen LogP contribution in [0.2, 0.25) is 0 Å². The molecule has 0 saturated heterocycles. The summed E-state index contributed by atoms with van der Waals surface area (Å²) in [6.45, 7) is 8.99. The van der Waals surface area contributed by atoms with Gasteiger partial charge in [0.25, 0.3) is 0 Å². The van der Waals surface area contributed by atoms with Crippen LogP contribution in [-0.2, 0) is 11.2 Å². The van der Waals surface area contributed by atoms with Gasteiger partial charge in [-0.05, 0) is 60.7 Å². The number of aryl methyl sites for hydroxylation is 2. The van der Waals surface area contributed by atoms with Crippen LogP contribution in [0.3, 0.4) is 0 Å². The first-order valence-corrected chi connectivity index (χ1v) is 8.02. The Kier molecular flexibility index (Phi) is 5.80. The van der Waals surface area contributed by atoms with Crippen molar-refractivity contribution in [2.24, 2.45) is 5.92 Å². The second-order valence-electron chi connectivity index (χ2n) is 6.45. The van der Waals surface area contributed by atoms with E-state index in [0.717, 1.165) is 28.1 Å². The summed E-state index contributed by atoms with van der Waals surface area (Å²) in [4.78, 5) is 12.2. The molecule has 2 rings (SSSR count). The molecule has 0 aromatic heterocycles. The third-order valence-corrected chi connectivity index (χ3v) is 3.38. The van der Waals surface area contributed by atoms with Crippen LogP contribution in [0.25, 0.3) is 0 Å². The minimum absolute atomic E-state index is 0.00847. The summed E-state index contributed by atoms with van der Waals surface area (Å²) in [5, 5.41) is 2.96. The summed E-state index contributed by atoms with van der Waals surface area (Å²) in [6, 6.07) is 13.8. The minimum atomic E-state index is -0.00847. The Bertz CT molecular complexity index is 640. The number of carbonyl (C=O) groups is 1. The Balaban J connectivity index is 1.92. The number of rotatable bonds is 6. The van der Waals surface area contributed by atoms with E-state index in [0.29, 0.717) is 18.9 Å². The molecule has 0 aliphatic carbocycles. The lowest BCUT2D eigenvalue weighted by Crippen LogP contribution is -2.14. The van der Waals surface area contributed by atoms with Gasteiger partial charge in [-0.25, -0.2) is 0 Å². The van der Waals surface area contributed by atoms with Crippen LogP contribution in [0, 0.1) is 19.8 Å². The van der Waals surface area contributed by atoms with Gasteiger partial charge < -0.3 is 10.1 Å². The average molecular weight is 311 g/mol. The number of anilines is 1. The molecule has 1 amide bonds. The maximum atomic E-state index is 12.2. The van der Waals surface area contributed by atoms with E-state index in [1.807, 2.05) is 50.2 Å². The first kappa shape index (κ1) is 17.1. The first-order valence-electron chi connectivity index (χ1n) is 8.02. The van der Waals surface area contributed by atoms with Gasteiger partial charge in [0, 0.05) is 5.69 Å². The fourth-order valence-electron chi connectivity index (χ4n) is 2.40. The molecular formula is C20H25NO2. The van der Waals surface area contributed by atoms with E-state index >= 15 is 0 Å². The van der Waals surface area contributed by atoms with E-state index in [1.54, 1.807) is 0 Å². The van der Waals surface area contributed by atoms with Gasteiger partial charge in [-0.2, -0.15) is 0 Å². The lowest BCUT2D eigenvalue weighted by Gasteiger charge is -2.10. The third kappa shape index (κ3) is 5.78. The van der Waals surface area contributed by atoms with Gasteiger partial charge in [0.05, 0.1) is 13.0 Å². The van der Waals surface area contributed by atoms with E-state index in [1.165, 1.54) is 0 Å². The van der Waals surface area contributed by atoms with Crippen molar-refractivity contribution in [2.75, 3.05) is 11.9 Å². The zero-order chi connectivity index (χ0) is 16.8. The van der Waals surface area contributed by atoms with Gasteiger partial charge in [-0.15, -0.1) is 0 Å². The predicted octanol–water partition coefficient (Wildman–Crippen LogP) is 4.52. The second kappa shape index (κ2) is 7.82. The van der Waals surface area contributed by atoms with Crippen molar-refractivity contribution in [3.05, 3.63) is 59.2 Å². The highest BCUT2D eigenvalue weighted by Gasteiger charge is 2.06. The van der Waals surface area contributed by atoms with E-state index in [-0.39, 0.29) is 5.91 Å². The largest absolute Gasteiger partial charge is 0.493 e. The van der Waals surface area contributed by atoms with Crippen LogP contribution < -0.4 is 10.1 Å². The monoisotopic (exact) mass is 311 g/mol. The highest BCUT2D eigenvalue weighted by Crippen LogP contribution is 2.16. The molecule has 0 spiro atoms. The number of hydrogen-bond donors (Lipinski definition) is 1. The van der Waals surface area contributed by atoms with Crippen LogP contribution in [-0.4, -0.2) is 12.5 Å². The fraction of sp³-hybridized carbons (Fsp3) is 0.350. The quantitative estimate of drug-likeness (QED) is 0.852.